The molecule has 1 rings (SSSR count). The Morgan fingerprint density at radius 2 is 1.45 bits per heavy atom. The van der Waals surface area contributed by atoms with Crippen molar-refractivity contribution in [2.24, 2.45) is 0 Å². The summed E-state index contributed by atoms with van der Waals surface area (Å²) in [7, 11) is 1.67. The molecule has 7 nitrogen and oxygen atoms in total. The number of esters is 2. The van der Waals surface area contributed by atoms with Crippen molar-refractivity contribution in [2.45, 2.75) is 27.7 Å². The number of nitrogens with one attached hydrogen (secondary N) is 2. The maximum Gasteiger partial charge on any atom is 0.340 e. The number of ether oxygens (including phenoxy) is 2. The largest absolute Gasteiger partial charge is 0.462 e. The molecule has 22 heavy (non-hydrogen) atoms. The third kappa shape index (κ3) is 3.56. The number of thiocarbonyl (C=S) groups is 1. The molecule has 1 aromatic heterocycles. The van der Waals surface area contributed by atoms with Crippen molar-refractivity contribution in [1.29, 1.82) is 0 Å². The van der Waals surface area contributed by atoms with Gasteiger partial charge in [0.15, 0.2) is 5.11 Å². The SMILES string of the molecule is CCOC(=O)c1c(C(=O)OCC)c(C)n(NC(=S)NC)c1C. The molecule has 0 atom stereocenters. The molecule has 0 unspecified atom stereocenters. The summed E-state index contributed by atoms with van der Waals surface area (Å²) < 4.78 is 11.6. The summed E-state index contributed by atoms with van der Waals surface area (Å²) in [5, 5.41) is 3.13. The minimum absolute atomic E-state index is 0.184. The Kier molecular flexibility index (Phi) is 6.36. The lowest BCUT2D eigenvalue weighted by Crippen LogP contribution is -2.32. The van der Waals surface area contributed by atoms with E-state index >= 15 is 0 Å². The van der Waals surface area contributed by atoms with E-state index in [1.54, 1.807) is 39.4 Å². The van der Waals surface area contributed by atoms with Gasteiger partial charge in [0.05, 0.1) is 35.7 Å². The topological polar surface area (TPSA) is 81.6 Å². The second kappa shape index (κ2) is 7.79. The molecule has 2 N–H and O–H groups in total. The van der Waals surface area contributed by atoms with Gasteiger partial charge in [-0.3, -0.25) is 10.1 Å². The van der Waals surface area contributed by atoms with Crippen molar-refractivity contribution in [3.05, 3.63) is 22.5 Å². The molecule has 0 aromatic carbocycles. The van der Waals surface area contributed by atoms with Gasteiger partial charge in [-0.1, -0.05) is 0 Å². The van der Waals surface area contributed by atoms with Crippen molar-refractivity contribution in [3.8, 4) is 0 Å². The summed E-state index contributed by atoms with van der Waals surface area (Å²) in [6, 6.07) is 0. The van der Waals surface area contributed by atoms with Gasteiger partial charge in [0, 0.05) is 7.05 Å². The number of carbonyl (C=O) groups is 2. The zero-order valence-electron chi connectivity index (χ0n) is 13.4. The van der Waals surface area contributed by atoms with E-state index in [1.807, 2.05) is 0 Å². The summed E-state index contributed by atoms with van der Waals surface area (Å²) in [6.45, 7) is 7.24. The molecule has 0 aliphatic carbocycles. The second-order valence-electron chi connectivity index (χ2n) is 4.39. The molecule has 0 saturated heterocycles. The summed E-state index contributed by atoms with van der Waals surface area (Å²) in [5.74, 6) is -1.14. The Labute approximate surface area is 134 Å². The zero-order valence-corrected chi connectivity index (χ0v) is 14.2. The quantitative estimate of drug-likeness (QED) is 0.626. The summed E-state index contributed by atoms with van der Waals surface area (Å²) in [5.41, 5.74) is 4.32. The Morgan fingerprint density at radius 3 is 1.77 bits per heavy atom. The molecule has 0 bridgehead atoms. The molecule has 0 aliphatic rings. The predicted molar refractivity (Wildman–Crippen MR) is 86.8 cm³/mol. The van der Waals surface area contributed by atoms with E-state index in [1.165, 1.54) is 0 Å². The van der Waals surface area contributed by atoms with Gasteiger partial charge in [-0.15, -0.1) is 0 Å². The lowest BCUT2D eigenvalue weighted by Gasteiger charge is -2.13. The van der Waals surface area contributed by atoms with Gasteiger partial charge in [0.25, 0.3) is 0 Å². The highest BCUT2D eigenvalue weighted by Gasteiger charge is 2.29. The van der Waals surface area contributed by atoms with Crippen LogP contribution in [0.25, 0.3) is 0 Å². The zero-order chi connectivity index (χ0) is 16.9. The van der Waals surface area contributed by atoms with Gasteiger partial charge in [-0.05, 0) is 39.9 Å². The molecule has 0 amide bonds. The fourth-order valence-corrected chi connectivity index (χ4v) is 2.16. The molecule has 1 aromatic rings. The molecule has 122 valence electrons. The summed E-state index contributed by atoms with van der Waals surface area (Å²) in [4.78, 5) is 24.4. The first-order valence-electron chi connectivity index (χ1n) is 6.93. The number of nitrogens with zero attached hydrogens (tertiary/aromatic N) is 1. The first-order valence-corrected chi connectivity index (χ1v) is 7.34. The van der Waals surface area contributed by atoms with Crippen LogP contribution < -0.4 is 10.7 Å². The Balaban J connectivity index is 3.44. The minimum atomic E-state index is -0.568. The van der Waals surface area contributed by atoms with Crippen molar-refractivity contribution < 1.29 is 19.1 Å². The van der Waals surface area contributed by atoms with Crippen LogP contribution in [0, 0.1) is 13.8 Å². The number of carbonyl (C=O) groups excluding carboxylic acids is 2. The summed E-state index contributed by atoms with van der Waals surface area (Å²) >= 11 is 5.07. The molecular weight excluding hydrogens is 306 g/mol. The van der Waals surface area contributed by atoms with E-state index < -0.39 is 11.9 Å². The van der Waals surface area contributed by atoms with E-state index in [0.29, 0.717) is 16.5 Å². The smallest absolute Gasteiger partial charge is 0.340 e. The van der Waals surface area contributed by atoms with Crippen molar-refractivity contribution >= 4 is 29.3 Å². The normalized spacial score (nSPS) is 10.0. The standard InChI is InChI=1S/C14H21N3O4S/c1-6-20-12(18)10-8(3)17(16-14(22)15-5)9(4)11(10)13(19)21-7-2/h6-7H2,1-5H3,(H2,15,16,22). The van der Waals surface area contributed by atoms with E-state index in [2.05, 4.69) is 10.7 Å². The van der Waals surface area contributed by atoms with Crippen molar-refractivity contribution in [3.63, 3.8) is 0 Å². The highest BCUT2D eigenvalue weighted by atomic mass is 32.1. The molecule has 0 fully saturated rings. The average molecular weight is 327 g/mol. The second-order valence-corrected chi connectivity index (χ2v) is 4.80. The highest BCUT2D eigenvalue weighted by Crippen LogP contribution is 2.23. The van der Waals surface area contributed by atoms with Gasteiger partial charge in [-0.2, -0.15) is 0 Å². The van der Waals surface area contributed by atoms with E-state index in [9.17, 15) is 9.59 Å². The molecular formula is C14H21N3O4S. The van der Waals surface area contributed by atoms with Crippen LogP contribution in [0.2, 0.25) is 0 Å². The van der Waals surface area contributed by atoms with Gasteiger partial charge in [-0.25, -0.2) is 9.59 Å². The molecule has 0 radical (unpaired) electrons. The number of rotatable bonds is 5. The first kappa shape index (κ1) is 18.0. The number of hydrogen-bond acceptors (Lipinski definition) is 5. The van der Waals surface area contributed by atoms with Crippen LogP contribution in [-0.2, 0) is 9.47 Å². The minimum Gasteiger partial charge on any atom is -0.462 e. The maximum atomic E-state index is 12.2. The van der Waals surface area contributed by atoms with Crippen LogP contribution >= 0.6 is 12.2 Å². The Bertz CT molecular complexity index is 554. The van der Waals surface area contributed by atoms with Crippen LogP contribution in [0.4, 0.5) is 0 Å². The van der Waals surface area contributed by atoms with E-state index in [0.717, 1.165) is 0 Å². The van der Waals surface area contributed by atoms with Crippen LogP contribution in [0.5, 0.6) is 0 Å². The molecule has 8 heteroatoms. The van der Waals surface area contributed by atoms with Crippen molar-refractivity contribution in [2.75, 3.05) is 25.7 Å². The van der Waals surface area contributed by atoms with Crippen LogP contribution in [0.1, 0.15) is 46.0 Å². The van der Waals surface area contributed by atoms with Crippen LogP contribution in [0.3, 0.4) is 0 Å². The van der Waals surface area contributed by atoms with Gasteiger partial charge >= 0.3 is 11.9 Å². The van der Waals surface area contributed by atoms with Gasteiger partial charge in [0.1, 0.15) is 0 Å². The van der Waals surface area contributed by atoms with Crippen molar-refractivity contribution in [1.82, 2.24) is 9.99 Å². The lowest BCUT2D eigenvalue weighted by molar-refractivity contribution is 0.0479. The maximum absolute atomic E-state index is 12.2. The average Bonchev–Trinajstić information content (AvgIpc) is 2.72. The van der Waals surface area contributed by atoms with Crippen LogP contribution in [-0.4, -0.2) is 42.0 Å². The molecule has 0 aliphatic heterocycles. The third-order valence-corrected chi connectivity index (χ3v) is 3.34. The molecule has 0 spiro atoms. The monoisotopic (exact) mass is 327 g/mol. The van der Waals surface area contributed by atoms with Gasteiger partial charge < -0.3 is 14.8 Å². The fraction of sp³-hybridized carbons (Fsp3) is 0.500. The fourth-order valence-electron chi connectivity index (χ4n) is 2.07. The lowest BCUT2D eigenvalue weighted by atomic mass is 10.1. The molecule has 1 heterocycles. The van der Waals surface area contributed by atoms with E-state index in [4.69, 9.17) is 21.7 Å². The highest BCUT2D eigenvalue weighted by molar-refractivity contribution is 7.80. The van der Waals surface area contributed by atoms with Gasteiger partial charge in [0.2, 0.25) is 0 Å². The Morgan fingerprint density at radius 1 is 1.05 bits per heavy atom. The molecule has 0 saturated carbocycles. The number of hydrogen-bond donors (Lipinski definition) is 2. The predicted octanol–water partition coefficient (Wildman–Crippen LogP) is 1.51. The Hall–Kier alpha value is -2.09. The first-order chi connectivity index (χ1) is 10.4. The van der Waals surface area contributed by atoms with E-state index in [-0.39, 0.29) is 24.3 Å². The third-order valence-electron chi connectivity index (χ3n) is 3.04. The summed E-state index contributed by atoms with van der Waals surface area (Å²) in [6.07, 6.45) is 0. The van der Waals surface area contributed by atoms with Crippen LogP contribution in [0.15, 0.2) is 0 Å². The number of aromatic nitrogens is 1.